The van der Waals surface area contributed by atoms with E-state index in [-0.39, 0.29) is 0 Å². The first-order valence-electron chi connectivity index (χ1n) is 7.72. The Bertz CT molecular complexity index is 387. The van der Waals surface area contributed by atoms with Crippen molar-refractivity contribution in [3.8, 4) is 0 Å². The highest BCUT2D eigenvalue weighted by Crippen LogP contribution is 2.22. The average Bonchev–Trinajstić information content (AvgIpc) is 2.92. The Balaban J connectivity index is 1.85. The molecule has 1 aliphatic rings. The molecule has 0 saturated carbocycles. The van der Waals surface area contributed by atoms with Gasteiger partial charge in [-0.3, -0.25) is 4.90 Å². The van der Waals surface area contributed by atoms with Crippen LogP contribution in [0.25, 0.3) is 0 Å². The summed E-state index contributed by atoms with van der Waals surface area (Å²) < 4.78 is 4.09. The molecule has 2 heterocycles. The summed E-state index contributed by atoms with van der Waals surface area (Å²) in [5, 5.41) is 8.86. The lowest BCUT2D eigenvalue weighted by atomic mass is 10.0. The molecule has 0 spiro atoms. The summed E-state index contributed by atoms with van der Waals surface area (Å²) in [6.07, 6.45) is 3.65. The van der Waals surface area contributed by atoms with Crippen molar-refractivity contribution in [2.75, 3.05) is 38.5 Å². The first kappa shape index (κ1) is 15.7. The van der Waals surface area contributed by atoms with Crippen LogP contribution in [0.2, 0.25) is 0 Å². The zero-order valence-corrected chi connectivity index (χ0v) is 13.7. The molecule has 0 unspecified atom stereocenters. The maximum absolute atomic E-state index is 4.29. The van der Waals surface area contributed by atoms with E-state index < -0.39 is 0 Å². The molecule has 2 rings (SSSR count). The molecule has 0 aliphatic carbocycles. The minimum Gasteiger partial charge on any atom is -0.374 e. The van der Waals surface area contributed by atoms with Gasteiger partial charge in [0.05, 0.1) is 0 Å². The highest BCUT2D eigenvalue weighted by molar-refractivity contribution is 7.10. The van der Waals surface area contributed by atoms with Crippen molar-refractivity contribution < 1.29 is 0 Å². The van der Waals surface area contributed by atoms with Crippen LogP contribution in [-0.2, 0) is 6.54 Å². The molecular weight excluding hydrogens is 270 g/mol. The Morgan fingerprint density at radius 2 is 2.10 bits per heavy atom. The van der Waals surface area contributed by atoms with Gasteiger partial charge >= 0.3 is 0 Å². The molecule has 1 aliphatic heterocycles. The molecule has 1 aromatic heterocycles. The standard InChI is InChI=1S/C14H27N5S/c1-4-8-15-14-13(16-17-20-14)11-18(3)12-6-9-19(5-2)10-7-12/h12,15H,4-11H2,1-3H3. The van der Waals surface area contributed by atoms with Crippen molar-refractivity contribution in [2.45, 2.75) is 45.7 Å². The Hall–Kier alpha value is -0.720. The van der Waals surface area contributed by atoms with Gasteiger partial charge in [-0.1, -0.05) is 18.3 Å². The molecule has 5 nitrogen and oxygen atoms in total. The van der Waals surface area contributed by atoms with Crippen LogP contribution in [0, 0.1) is 0 Å². The third kappa shape index (κ3) is 4.14. The monoisotopic (exact) mass is 297 g/mol. The van der Waals surface area contributed by atoms with Gasteiger partial charge < -0.3 is 10.2 Å². The van der Waals surface area contributed by atoms with Crippen molar-refractivity contribution >= 4 is 16.5 Å². The summed E-state index contributed by atoms with van der Waals surface area (Å²) in [4.78, 5) is 4.98. The third-order valence-corrected chi connectivity index (χ3v) is 4.84. The fourth-order valence-electron chi connectivity index (χ4n) is 2.73. The Morgan fingerprint density at radius 1 is 1.35 bits per heavy atom. The molecule has 0 bridgehead atoms. The second kappa shape index (κ2) is 7.90. The van der Waals surface area contributed by atoms with Gasteiger partial charge in [-0.15, -0.1) is 5.10 Å². The molecule has 20 heavy (non-hydrogen) atoms. The Morgan fingerprint density at radius 3 is 2.75 bits per heavy atom. The number of rotatable bonds is 7. The zero-order chi connectivity index (χ0) is 14.4. The topological polar surface area (TPSA) is 44.3 Å². The minimum absolute atomic E-state index is 0.679. The minimum atomic E-state index is 0.679. The van der Waals surface area contributed by atoms with Gasteiger partial charge in [0.1, 0.15) is 10.7 Å². The third-order valence-electron chi connectivity index (χ3n) is 4.12. The number of aromatic nitrogens is 2. The van der Waals surface area contributed by atoms with E-state index in [1.165, 1.54) is 44.0 Å². The van der Waals surface area contributed by atoms with Crippen LogP contribution in [-0.4, -0.2) is 58.7 Å². The summed E-state index contributed by atoms with van der Waals surface area (Å²) in [7, 11) is 2.22. The van der Waals surface area contributed by atoms with Crippen LogP contribution in [0.1, 0.15) is 38.8 Å². The smallest absolute Gasteiger partial charge is 0.134 e. The Labute approximate surface area is 126 Å². The van der Waals surface area contributed by atoms with Crippen LogP contribution >= 0.6 is 11.5 Å². The number of nitrogens with one attached hydrogen (secondary N) is 1. The van der Waals surface area contributed by atoms with E-state index in [1.54, 1.807) is 0 Å². The normalized spacial score (nSPS) is 17.8. The van der Waals surface area contributed by atoms with Crippen molar-refractivity contribution in [1.82, 2.24) is 19.4 Å². The van der Waals surface area contributed by atoms with Crippen molar-refractivity contribution in [3.05, 3.63) is 5.69 Å². The lowest BCUT2D eigenvalue weighted by Gasteiger charge is -2.36. The largest absolute Gasteiger partial charge is 0.374 e. The van der Waals surface area contributed by atoms with Crippen molar-refractivity contribution in [3.63, 3.8) is 0 Å². The molecule has 1 N–H and O–H groups in total. The second-order valence-electron chi connectivity index (χ2n) is 5.56. The molecule has 0 amide bonds. The summed E-state index contributed by atoms with van der Waals surface area (Å²) >= 11 is 1.48. The fourth-order valence-corrected chi connectivity index (χ4v) is 3.32. The summed E-state index contributed by atoms with van der Waals surface area (Å²) in [6, 6.07) is 0.679. The molecule has 0 radical (unpaired) electrons. The summed E-state index contributed by atoms with van der Waals surface area (Å²) in [6.45, 7) is 9.95. The molecule has 0 atom stereocenters. The Kier molecular flexibility index (Phi) is 6.19. The summed E-state index contributed by atoms with van der Waals surface area (Å²) in [5.41, 5.74) is 1.10. The van der Waals surface area contributed by atoms with Crippen molar-refractivity contribution in [1.29, 1.82) is 0 Å². The number of hydrogen-bond acceptors (Lipinski definition) is 6. The molecule has 1 saturated heterocycles. The first-order chi connectivity index (χ1) is 9.74. The lowest BCUT2D eigenvalue weighted by molar-refractivity contribution is 0.126. The maximum Gasteiger partial charge on any atom is 0.134 e. The van der Waals surface area contributed by atoms with Gasteiger partial charge in [-0.2, -0.15) is 0 Å². The molecular formula is C14H27N5S. The van der Waals surface area contributed by atoms with Gasteiger partial charge in [-0.05, 0) is 45.9 Å². The van der Waals surface area contributed by atoms with E-state index in [4.69, 9.17) is 0 Å². The second-order valence-corrected chi connectivity index (χ2v) is 6.31. The van der Waals surface area contributed by atoms with Crippen LogP contribution in [0.4, 0.5) is 5.00 Å². The van der Waals surface area contributed by atoms with E-state index in [0.717, 1.165) is 30.2 Å². The van der Waals surface area contributed by atoms with E-state index in [9.17, 15) is 0 Å². The number of nitrogens with zero attached hydrogens (tertiary/aromatic N) is 4. The number of piperidine rings is 1. The molecule has 0 aromatic carbocycles. The SMILES string of the molecule is CCCNc1snnc1CN(C)C1CCN(CC)CC1. The highest BCUT2D eigenvalue weighted by atomic mass is 32.1. The van der Waals surface area contributed by atoms with Crippen LogP contribution < -0.4 is 5.32 Å². The predicted molar refractivity (Wildman–Crippen MR) is 85.3 cm³/mol. The van der Waals surface area contributed by atoms with Gasteiger partial charge in [0, 0.05) is 30.7 Å². The lowest BCUT2D eigenvalue weighted by Crippen LogP contribution is -2.43. The number of likely N-dealkylation sites (tertiary alicyclic amines) is 1. The first-order valence-corrected chi connectivity index (χ1v) is 8.49. The molecule has 1 aromatic rings. The van der Waals surface area contributed by atoms with Crippen LogP contribution in [0.3, 0.4) is 0 Å². The van der Waals surface area contributed by atoms with Gasteiger partial charge in [-0.25, -0.2) is 0 Å². The number of anilines is 1. The van der Waals surface area contributed by atoms with Crippen LogP contribution in [0.15, 0.2) is 0 Å². The summed E-state index contributed by atoms with van der Waals surface area (Å²) in [5.74, 6) is 0. The van der Waals surface area contributed by atoms with Gasteiger partial charge in [0.2, 0.25) is 0 Å². The predicted octanol–water partition coefficient (Wildman–Crippen LogP) is 2.28. The maximum atomic E-state index is 4.29. The van der Waals surface area contributed by atoms with E-state index in [2.05, 4.69) is 45.6 Å². The van der Waals surface area contributed by atoms with E-state index in [0.29, 0.717) is 6.04 Å². The zero-order valence-electron chi connectivity index (χ0n) is 12.9. The van der Waals surface area contributed by atoms with E-state index >= 15 is 0 Å². The number of hydrogen-bond donors (Lipinski definition) is 1. The average molecular weight is 297 g/mol. The van der Waals surface area contributed by atoms with Crippen LogP contribution in [0.5, 0.6) is 0 Å². The van der Waals surface area contributed by atoms with Gasteiger partial charge in [0.15, 0.2) is 0 Å². The highest BCUT2D eigenvalue weighted by Gasteiger charge is 2.22. The quantitative estimate of drug-likeness (QED) is 0.836. The molecule has 114 valence electrons. The van der Waals surface area contributed by atoms with Gasteiger partial charge in [0.25, 0.3) is 0 Å². The molecule has 6 heteroatoms. The molecule has 1 fully saturated rings. The van der Waals surface area contributed by atoms with Crippen molar-refractivity contribution in [2.24, 2.45) is 0 Å². The van der Waals surface area contributed by atoms with E-state index in [1.807, 2.05) is 0 Å². The fraction of sp³-hybridized carbons (Fsp3) is 0.857.